The molecule has 82 valence electrons. The first-order valence-corrected chi connectivity index (χ1v) is 4.49. The van der Waals surface area contributed by atoms with Crippen LogP contribution in [0.1, 0.15) is 0 Å². The number of hydrogen-bond acceptors (Lipinski definition) is 4. The molecule has 1 aromatic carbocycles. The average Bonchev–Trinajstić information content (AvgIpc) is 2.64. The predicted molar refractivity (Wildman–Crippen MR) is 55.9 cm³/mol. The molecule has 0 aliphatic carbocycles. The zero-order valence-electron chi connectivity index (χ0n) is 8.45. The molecular formula is C9H9N5O2. The van der Waals surface area contributed by atoms with Crippen molar-refractivity contribution < 1.29 is 9.90 Å². The number of hydrogen-bond donors (Lipinski definition) is 2. The molecule has 0 spiro atoms. The number of nitrogens with zero attached hydrogens (tertiary/aromatic N) is 4. The van der Waals surface area contributed by atoms with E-state index in [1.54, 1.807) is 31.3 Å². The molecular weight excluding hydrogens is 210 g/mol. The van der Waals surface area contributed by atoms with E-state index in [0.717, 1.165) is 5.56 Å². The van der Waals surface area contributed by atoms with E-state index < -0.39 is 6.09 Å². The number of aryl methyl sites for hydroxylation is 1. The standard InChI is InChI=1S/C9H9N5O2/c1-14-8(11-12-13-14)6-3-2-4-7(5-6)10-9(15)16/h2-5,10H,1H3,(H,15,16). The van der Waals surface area contributed by atoms with Gasteiger partial charge >= 0.3 is 6.09 Å². The van der Waals surface area contributed by atoms with E-state index in [9.17, 15) is 4.79 Å². The average molecular weight is 219 g/mol. The van der Waals surface area contributed by atoms with Gasteiger partial charge in [-0.3, -0.25) is 5.32 Å². The van der Waals surface area contributed by atoms with Crippen molar-refractivity contribution >= 4 is 11.8 Å². The molecule has 0 unspecified atom stereocenters. The van der Waals surface area contributed by atoms with E-state index in [2.05, 4.69) is 20.8 Å². The van der Waals surface area contributed by atoms with E-state index in [0.29, 0.717) is 11.5 Å². The van der Waals surface area contributed by atoms with Crippen molar-refractivity contribution in [3.05, 3.63) is 24.3 Å². The van der Waals surface area contributed by atoms with Crippen molar-refractivity contribution in [3.63, 3.8) is 0 Å². The lowest BCUT2D eigenvalue weighted by Gasteiger charge is -2.03. The lowest BCUT2D eigenvalue weighted by atomic mass is 10.2. The summed E-state index contributed by atoms with van der Waals surface area (Å²) in [5.74, 6) is 0.578. The third kappa shape index (κ3) is 1.97. The molecule has 0 bridgehead atoms. The van der Waals surface area contributed by atoms with Crippen molar-refractivity contribution in [1.29, 1.82) is 0 Å². The van der Waals surface area contributed by atoms with Crippen LogP contribution in [0.2, 0.25) is 0 Å². The largest absolute Gasteiger partial charge is 0.465 e. The summed E-state index contributed by atoms with van der Waals surface area (Å²) >= 11 is 0. The summed E-state index contributed by atoms with van der Waals surface area (Å²) < 4.78 is 1.51. The highest BCUT2D eigenvalue weighted by Crippen LogP contribution is 2.19. The van der Waals surface area contributed by atoms with Gasteiger partial charge in [0.1, 0.15) is 0 Å². The monoisotopic (exact) mass is 219 g/mol. The number of carboxylic acid groups (broad SMARTS) is 1. The molecule has 7 heteroatoms. The fourth-order valence-corrected chi connectivity index (χ4v) is 1.33. The molecule has 0 aliphatic heterocycles. The van der Waals surface area contributed by atoms with Crippen molar-refractivity contribution in [1.82, 2.24) is 20.2 Å². The first-order chi connectivity index (χ1) is 7.66. The highest BCUT2D eigenvalue weighted by molar-refractivity contribution is 5.83. The van der Waals surface area contributed by atoms with Gasteiger partial charge in [0.25, 0.3) is 0 Å². The lowest BCUT2D eigenvalue weighted by Crippen LogP contribution is -2.07. The number of anilines is 1. The number of benzene rings is 1. The summed E-state index contributed by atoms with van der Waals surface area (Å²) in [6.45, 7) is 0. The molecule has 0 atom stereocenters. The highest BCUT2D eigenvalue weighted by atomic mass is 16.4. The lowest BCUT2D eigenvalue weighted by molar-refractivity contribution is 0.210. The molecule has 0 saturated heterocycles. The second kappa shape index (κ2) is 3.97. The number of tetrazole rings is 1. The Kier molecular flexibility index (Phi) is 2.50. The predicted octanol–water partition coefficient (Wildman–Crippen LogP) is 0.967. The minimum atomic E-state index is -1.10. The van der Waals surface area contributed by atoms with Crippen molar-refractivity contribution in [3.8, 4) is 11.4 Å². The number of nitrogens with one attached hydrogen (secondary N) is 1. The topological polar surface area (TPSA) is 92.9 Å². The molecule has 7 nitrogen and oxygen atoms in total. The summed E-state index contributed by atoms with van der Waals surface area (Å²) in [5, 5.41) is 21.9. The Hall–Kier alpha value is -2.44. The Morgan fingerprint density at radius 1 is 1.50 bits per heavy atom. The first-order valence-electron chi connectivity index (χ1n) is 4.49. The van der Waals surface area contributed by atoms with E-state index in [1.165, 1.54) is 4.68 Å². The van der Waals surface area contributed by atoms with Gasteiger partial charge < -0.3 is 5.11 Å². The number of amides is 1. The Balaban J connectivity index is 2.36. The molecule has 1 heterocycles. The van der Waals surface area contributed by atoms with Gasteiger partial charge in [-0.25, -0.2) is 9.48 Å². The van der Waals surface area contributed by atoms with Crippen LogP contribution in [0.5, 0.6) is 0 Å². The van der Waals surface area contributed by atoms with Gasteiger partial charge in [0.2, 0.25) is 0 Å². The first kappa shape index (κ1) is 10.1. The quantitative estimate of drug-likeness (QED) is 0.784. The van der Waals surface area contributed by atoms with Crippen LogP contribution in [0.3, 0.4) is 0 Å². The molecule has 0 fully saturated rings. The molecule has 16 heavy (non-hydrogen) atoms. The maximum Gasteiger partial charge on any atom is 0.409 e. The fourth-order valence-electron chi connectivity index (χ4n) is 1.33. The molecule has 1 aromatic heterocycles. The van der Waals surface area contributed by atoms with Gasteiger partial charge in [0.05, 0.1) is 0 Å². The summed E-state index contributed by atoms with van der Waals surface area (Å²) in [6, 6.07) is 6.86. The molecule has 1 amide bonds. The second-order valence-corrected chi connectivity index (χ2v) is 3.14. The Labute approximate surface area is 90.7 Å². The second-order valence-electron chi connectivity index (χ2n) is 3.14. The minimum absolute atomic E-state index is 0.480. The molecule has 0 saturated carbocycles. The van der Waals surface area contributed by atoms with Crippen LogP contribution in [-0.2, 0) is 7.05 Å². The SMILES string of the molecule is Cn1nnnc1-c1cccc(NC(=O)O)c1. The van der Waals surface area contributed by atoms with E-state index in [1.807, 2.05) is 0 Å². The summed E-state index contributed by atoms with van der Waals surface area (Å²) in [5.41, 5.74) is 1.23. The summed E-state index contributed by atoms with van der Waals surface area (Å²) in [4.78, 5) is 10.5. The molecule has 0 aliphatic rings. The summed E-state index contributed by atoms with van der Waals surface area (Å²) in [6.07, 6.45) is -1.10. The smallest absolute Gasteiger partial charge is 0.409 e. The van der Waals surface area contributed by atoms with Crippen LogP contribution >= 0.6 is 0 Å². The zero-order valence-corrected chi connectivity index (χ0v) is 8.45. The van der Waals surface area contributed by atoms with Crippen molar-refractivity contribution in [2.24, 2.45) is 7.05 Å². The number of aromatic nitrogens is 4. The molecule has 0 radical (unpaired) electrons. The van der Waals surface area contributed by atoms with E-state index >= 15 is 0 Å². The molecule has 2 N–H and O–H groups in total. The van der Waals surface area contributed by atoms with E-state index in [4.69, 9.17) is 5.11 Å². The maximum atomic E-state index is 10.5. The zero-order chi connectivity index (χ0) is 11.5. The fraction of sp³-hybridized carbons (Fsp3) is 0.111. The van der Waals surface area contributed by atoms with Gasteiger partial charge in [-0.05, 0) is 22.6 Å². The Bertz CT molecular complexity index is 522. The van der Waals surface area contributed by atoms with Crippen molar-refractivity contribution in [2.75, 3.05) is 5.32 Å². The minimum Gasteiger partial charge on any atom is -0.465 e. The van der Waals surface area contributed by atoms with Gasteiger partial charge in [-0.2, -0.15) is 0 Å². The van der Waals surface area contributed by atoms with Crippen LogP contribution in [0.15, 0.2) is 24.3 Å². The van der Waals surface area contributed by atoms with Crippen LogP contribution in [-0.4, -0.2) is 31.4 Å². The molecule has 2 rings (SSSR count). The summed E-state index contributed by atoms with van der Waals surface area (Å²) in [7, 11) is 1.71. The third-order valence-corrected chi connectivity index (χ3v) is 1.99. The third-order valence-electron chi connectivity index (χ3n) is 1.99. The maximum absolute atomic E-state index is 10.5. The van der Waals surface area contributed by atoms with Crippen LogP contribution in [0.25, 0.3) is 11.4 Å². The van der Waals surface area contributed by atoms with Crippen LogP contribution in [0.4, 0.5) is 10.5 Å². The number of rotatable bonds is 2. The van der Waals surface area contributed by atoms with Gasteiger partial charge in [0, 0.05) is 18.3 Å². The molecule has 2 aromatic rings. The Morgan fingerprint density at radius 2 is 2.31 bits per heavy atom. The van der Waals surface area contributed by atoms with Crippen LogP contribution in [0, 0.1) is 0 Å². The van der Waals surface area contributed by atoms with Gasteiger partial charge in [-0.1, -0.05) is 12.1 Å². The van der Waals surface area contributed by atoms with Gasteiger partial charge in [0.15, 0.2) is 5.82 Å². The van der Waals surface area contributed by atoms with Crippen LogP contribution < -0.4 is 5.32 Å². The van der Waals surface area contributed by atoms with E-state index in [-0.39, 0.29) is 0 Å². The number of carbonyl (C=O) groups is 1. The van der Waals surface area contributed by atoms with Crippen molar-refractivity contribution in [2.45, 2.75) is 0 Å². The Morgan fingerprint density at radius 3 is 2.94 bits per heavy atom. The van der Waals surface area contributed by atoms with Gasteiger partial charge in [-0.15, -0.1) is 5.10 Å². The normalized spacial score (nSPS) is 10.1. The highest BCUT2D eigenvalue weighted by Gasteiger charge is 2.06.